The Morgan fingerprint density at radius 3 is 2.75 bits per heavy atom. The van der Waals surface area contributed by atoms with Crippen LogP contribution in [0.1, 0.15) is 23.6 Å². The number of rotatable bonds is 4. The third-order valence-electron chi connectivity index (χ3n) is 4.43. The first-order valence-electron chi connectivity index (χ1n) is 7.33. The first kappa shape index (κ1) is 15.4. The molecular weight excluding hydrogens is 253 g/mol. The van der Waals surface area contributed by atoms with E-state index in [2.05, 4.69) is 29.2 Å². The average molecular weight is 279 g/mol. The summed E-state index contributed by atoms with van der Waals surface area (Å²) in [6.07, 6.45) is 1.000. The van der Waals surface area contributed by atoms with Gasteiger partial charge in [-0.3, -0.25) is 0 Å². The molecule has 1 saturated heterocycles. The van der Waals surface area contributed by atoms with Gasteiger partial charge in [-0.15, -0.1) is 0 Å². The molecule has 0 bridgehead atoms. The largest absolute Gasteiger partial charge is 0.313 e. The number of likely N-dealkylation sites (N-methyl/N-ethyl adjacent to an activating group) is 2. The maximum absolute atomic E-state index is 13.7. The van der Waals surface area contributed by atoms with Crippen molar-refractivity contribution in [2.75, 3.05) is 40.8 Å². The highest BCUT2D eigenvalue weighted by Gasteiger charge is 2.25. The lowest BCUT2D eigenvalue weighted by atomic mass is 9.96. The molecule has 112 valence electrons. The van der Waals surface area contributed by atoms with Crippen LogP contribution in [0.5, 0.6) is 0 Å². The Morgan fingerprint density at radius 1 is 1.35 bits per heavy atom. The van der Waals surface area contributed by atoms with E-state index in [9.17, 15) is 4.39 Å². The molecule has 0 saturated carbocycles. The Hall–Kier alpha value is -0.970. The molecule has 2 unspecified atom stereocenters. The number of nitrogens with one attached hydrogen (secondary N) is 1. The molecule has 1 heterocycles. The normalized spacial score (nSPS) is 22.9. The fourth-order valence-electron chi connectivity index (χ4n) is 2.87. The lowest BCUT2D eigenvalue weighted by Crippen LogP contribution is -2.50. The van der Waals surface area contributed by atoms with E-state index in [1.54, 1.807) is 13.0 Å². The van der Waals surface area contributed by atoms with Crippen molar-refractivity contribution in [3.05, 3.63) is 35.1 Å². The molecule has 1 fully saturated rings. The number of piperazine rings is 1. The van der Waals surface area contributed by atoms with Crippen LogP contribution in [-0.4, -0.2) is 56.6 Å². The van der Waals surface area contributed by atoms with Crippen molar-refractivity contribution in [3.63, 3.8) is 0 Å². The molecule has 4 heteroatoms. The van der Waals surface area contributed by atoms with E-state index in [1.807, 2.05) is 19.2 Å². The monoisotopic (exact) mass is 279 g/mol. The topological polar surface area (TPSA) is 18.5 Å². The van der Waals surface area contributed by atoms with Gasteiger partial charge in [0, 0.05) is 31.7 Å². The molecule has 1 N–H and O–H groups in total. The third kappa shape index (κ3) is 3.57. The van der Waals surface area contributed by atoms with Crippen molar-refractivity contribution in [1.29, 1.82) is 0 Å². The smallest absolute Gasteiger partial charge is 0.126 e. The quantitative estimate of drug-likeness (QED) is 0.910. The number of hydrogen-bond donors (Lipinski definition) is 1. The van der Waals surface area contributed by atoms with Gasteiger partial charge >= 0.3 is 0 Å². The van der Waals surface area contributed by atoms with E-state index in [0.717, 1.165) is 31.6 Å². The summed E-state index contributed by atoms with van der Waals surface area (Å²) in [4.78, 5) is 4.78. The zero-order chi connectivity index (χ0) is 14.7. The maximum Gasteiger partial charge on any atom is 0.126 e. The molecule has 2 atom stereocenters. The van der Waals surface area contributed by atoms with Crippen molar-refractivity contribution in [1.82, 2.24) is 15.1 Å². The van der Waals surface area contributed by atoms with Crippen molar-refractivity contribution < 1.29 is 4.39 Å². The molecule has 1 aromatic carbocycles. The lowest BCUT2D eigenvalue weighted by molar-refractivity contribution is 0.102. The number of aryl methyl sites for hydroxylation is 1. The molecule has 0 spiro atoms. The van der Waals surface area contributed by atoms with Crippen molar-refractivity contribution in [2.45, 2.75) is 25.4 Å². The van der Waals surface area contributed by atoms with Gasteiger partial charge in [-0.1, -0.05) is 12.1 Å². The summed E-state index contributed by atoms with van der Waals surface area (Å²) < 4.78 is 13.7. The highest BCUT2D eigenvalue weighted by molar-refractivity contribution is 5.26. The van der Waals surface area contributed by atoms with E-state index in [-0.39, 0.29) is 11.9 Å². The van der Waals surface area contributed by atoms with Crippen molar-refractivity contribution in [3.8, 4) is 0 Å². The summed E-state index contributed by atoms with van der Waals surface area (Å²) in [6, 6.07) is 6.28. The molecule has 3 nitrogen and oxygen atoms in total. The zero-order valence-electron chi connectivity index (χ0n) is 13.0. The van der Waals surface area contributed by atoms with Gasteiger partial charge in [0.2, 0.25) is 0 Å². The van der Waals surface area contributed by atoms with Gasteiger partial charge in [0.1, 0.15) is 5.82 Å². The maximum atomic E-state index is 13.7. The third-order valence-corrected chi connectivity index (χ3v) is 4.43. The first-order chi connectivity index (χ1) is 9.51. The fourth-order valence-corrected chi connectivity index (χ4v) is 2.87. The van der Waals surface area contributed by atoms with Gasteiger partial charge in [-0.2, -0.15) is 0 Å². The molecule has 0 aliphatic carbocycles. The summed E-state index contributed by atoms with van der Waals surface area (Å²) in [7, 11) is 6.30. The van der Waals surface area contributed by atoms with Crippen LogP contribution in [0.15, 0.2) is 18.2 Å². The molecule has 0 aromatic heterocycles. The summed E-state index contributed by atoms with van der Waals surface area (Å²) in [6.45, 7) is 5.09. The Labute approximate surface area is 121 Å². The predicted octanol–water partition coefficient (Wildman–Crippen LogP) is 2.03. The van der Waals surface area contributed by atoms with E-state index < -0.39 is 0 Å². The molecular formula is C16H26FN3. The second-order valence-corrected chi connectivity index (χ2v) is 5.98. The molecule has 0 amide bonds. The van der Waals surface area contributed by atoms with E-state index in [0.29, 0.717) is 11.6 Å². The second-order valence-electron chi connectivity index (χ2n) is 5.98. The molecule has 2 rings (SSSR count). The summed E-state index contributed by atoms with van der Waals surface area (Å²) in [5.41, 5.74) is 1.75. The van der Waals surface area contributed by atoms with Crippen LogP contribution in [0.2, 0.25) is 0 Å². The van der Waals surface area contributed by atoms with Gasteiger partial charge < -0.3 is 15.1 Å². The highest BCUT2D eigenvalue weighted by atomic mass is 19.1. The summed E-state index contributed by atoms with van der Waals surface area (Å²) in [5.74, 6) is -0.114. The zero-order valence-corrected chi connectivity index (χ0v) is 13.0. The van der Waals surface area contributed by atoms with E-state index >= 15 is 0 Å². The predicted molar refractivity (Wildman–Crippen MR) is 81.5 cm³/mol. The van der Waals surface area contributed by atoms with Gasteiger partial charge in [-0.05, 0) is 51.7 Å². The van der Waals surface area contributed by atoms with Crippen LogP contribution in [0, 0.1) is 12.7 Å². The van der Waals surface area contributed by atoms with Gasteiger partial charge in [0.15, 0.2) is 0 Å². The van der Waals surface area contributed by atoms with Gasteiger partial charge in [0.25, 0.3) is 0 Å². The minimum atomic E-state index is -0.114. The number of halogens is 1. The minimum Gasteiger partial charge on any atom is -0.313 e. The van der Waals surface area contributed by atoms with E-state index in [1.165, 1.54) is 0 Å². The fraction of sp³-hybridized carbons (Fsp3) is 0.625. The lowest BCUT2D eigenvalue weighted by Gasteiger charge is -2.39. The first-order valence-corrected chi connectivity index (χ1v) is 7.33. The molecule has 1 aliphatic rings. The Kier molecular flexibility index (Phi) is 5.13. The van der Waals surface area contributed by atoms with E-state index in [4.69, 9.17) is 0 Å². The average Bonchev–Trinajstić information content (AvgIpc) is 2.43. The molecule has 20 heavy (non-hydrogen) atoms. The number of nitrogens with zero attached hydrogens (tertiary/aromatic N) is 2. The Balaban J connectivity index is 2.09. The van der Waals surface area contributed by atoms with Crippen LogP contribution in [0.25, 0.3) is 0 Å². The van der Waals surface area contributed by atoms with Crippen LogP contribution < -0.4 is 5.32 Å². The van der Waals surface area contributed by atoms with Gasteiger partial charge in [0.05, 0.1) is 0 Å². The van der Waals surface area contributed by atoms with Crippen LogP contribution >= 0.6 is 0 Å². The van der Waals surface area contributed by atoms with Crippen LogP contribution in [0.4, 0.5) is 4.39 Å². The summed E-state index contributed by atoms with van der Waals surface area (Å²) >= 11 is 0. The highest BCUT2D eigenvalue weighted by Crippen LogP contribution is 2.23. The number of hydrogen-bond acceptors (Lipinski definition) is 3. The standard InChI is InChI=1S/C16H26FN3/c1-12-5-6-13(9-15(12)17)16(18-2)10-14-11-19(3)7-8-20(14)4/h5-6,9,14,16,18H,7-8,10-11H2,1-4H3. The Morgan fingerprint density at radius 2 is 2.10 bits per heavy atom. The van der Waals surface area contributed by atoms with Crippen LogP contribution in [0.3, 0.4) is 0 Å². The van der Waals surface area contributed by atoms with Crippen molar-refractivity contribution in [2.24, 2.45) is 0 Å². The number of benzene rings is 1. The summed E-state index contributed by atoms with van der Waals surface area (Å²) in [5, 5.41) is 3.34. The molecule has 1 aromatic rings. The molecule has 1 aliphatic heterocycles. The SMILES string of the molecule is CNC(CC1CN(C)CCN1C)c1ccc(C)c(F)c1. The second kappa shape index (κ2) is 6.66. The minimum absolute atomic E-state index is 0.114. The molecule has 0 radical (unpaired) electrons. The van der Waals surface area contributed by atoms with Gasteiger partial charge in [-0.25, -0.2) is 4.39 Å². The van der Waals surface area contributed by atoms with Crippen LogP contribution in [-0.2, 0) is 0 Å². The van der Waals surface area contributed by atoms with Crippen molar-refractivity contribution >= 4 is 0 Å². The Bertz CT molecular complexity index is 449.